The zero-order valence-electron chi connectivity index (χ0n) is 19.6. The van der Waals surface area contributed by atoms with E-state index in [2.05, 4.69) is 31.1 Å². The second-order valence-electron chi connectivity index (χ2n) is 7.98. The van der Waals surface area contributed by atoms with Gasteiger partial charge in [0.1, 0.15) is 6.10 Å². The van der Waals surface area contributed by atoms with E-state index in [0.29, 0.717) is 6.42 Å². The number of alkyl carbamates (subject to hydrolysis) is 1. The maximum Gasteiger partial charge on any atom is 0.407 e. The van der Waals surface area contributed by atoms with Crippen LogP contribution in [-0.2, 0) is 16.0 Å². The molecule has 170 valence electrons. The summed E-state index contributed by atoms with van der Waals surface area (Å²) in [4.78, 5) is 28.3. The second kappa shape index (κ2) is 14.8. The van der Waals surface area contributed by atoms with Crippen molar-refractivity contribution in [2.24, 2.45) is 0 Å². The summed E-state index contributed by atoms with van der Waals surface area (Å²) in [6, 6.07) is 7.90. The lowest BCUT2D eigenvalue weighted by Gasteiger charge is -2.20. The fourth-order valence-electron chi connectivity index (χ4n) is 3.26. The Hall–Kier alpha value is -2.08. The van der Waals surface area contributed by atoms with Crippen molar-refractivity contribution in [2.45, 2.75) is 64.9 Å². The molecule has 0 fully saturated rings. The Kier molecular flexibility index (Phi) is 12.8. The molecule has 0 heterocycles. The van der Waals surface area contributed by atoms with E-state index in [9.17, 15) is 9.59 Å². The molecule has 0 saturated carbocycles. The molecule has 0 aliphatic rings. The molecular formula is C24H41N3O3. The molecule has 2 amide bonds. The van der Waals surface area contributed by atoms with E-state index in [0.717, 1.165) is 56.4 Å². The van der Waals surface area contributed by atoms with E-state index < -0.39 is 6.09 Å². The lowest BCUT2D eigenvalue weighted by Crippen LogP contribution is -2.31. The van der Waals surface area contributed by atoms with Crippen LogP contribution in [-0.4, -0.2) is 62.6 Å². The molecule has 6 heteroatoms. The number of benzene rings is 1. The average Bonchev–Trinajstić information content (AvgIpc) is 2.75. The van der Waals surface area contributed by atoms with E-state index in [1.807, 2.05) is 36.2 Å². The Balaban J connectivity index is 2.62. The van der Waals surface area contributed by atoms with Gasteiger partial charge in [0.05, 0.1) is 6.42 Å². The molecule has 0 saturated heterocycles. The van der Waals surface area contributed by atoms with Crippen LogP contribution in [0.4, 0.5) is 4.79 Å². The number of carbonyl (C=O) groups is 2. The standard InChI is InChI=1S/C24H41N3O3/c1-6-8-9-10-12-22(30-24(29)25-3)21-15-13-20(14-16-21)19-23(28)27(5)18-11-17-26(4)7-2/h13-16,22H,6-12,17-19H2,1-5H3,(H,25,29). The van der Waals surface area contributed by atoms with Gasteiger partial charge in [-0.05, 0) is 50.5 Å². The molecule has 30 heavy (non-hydrogen) atoms. The minimum absolute atomic E-state index is 0.125. The number of likely N-dealkylation sites (N-methyl/N-ethyl adjacent to an activating group) is 1. The third-order valence-electron chi connectivity index (χ3n) is 5.48. The Labute approximate surface area is 183 Å². The fraction of sp³-hybridized carbons (Fsp3) is 0.667. The monoisotopic (exact) mass is 419 g/mol. The minimum Gasteiger partial charge on any atom is -0.441 e. The predicted octanol–water partition coefficient (Wildman–Crippen LogP) is 4.40. The van der Waals surface area contributed by atoms with E-state index in [4.69, 9.17) is 4.74 Å². The van der Waals surface area contributed by atoms with Crippen molar-refractivity contribution < 1.29 is 14.3 Å². The number of amides is 2. The number of nitrogens with zero attached hydrogens (tertiary/aromatic N) is 2. The van der Waals surface area contributed by atoms with Gasteiger partial charge in [-0.3, -0.25) is 4.79 Å². The second-order valence-corrected chi connectivity index (χ2v) is 7.98. The zero-order chi connectivity index (χ0) is 22.4. The first-order chi connectivity index (χ1) is 14.4. The average molecular weight is 420 g/mol. The summed E-state index contributed by atoms with van der Waals surface area (Å²) >= 11 is 0. The summed E-state index contributed by atoms with van der Waals surface area (Å²) < 4.78 is 5.57. The van der Waals surface area contributed by atoms with Gasteiger partial charge in [-0.1, -0.05) is 57.4 Å². The maximum absolute atomic E-state index is 12.5. The van der Waals surface area contributed by atoms with Crippen LogP contribution in [0.15, 0.2) is 24.3 Å². The van der Waals surface area contributed by atoms with Gasteiger partial charge in [-0.15, -0.1) is 0 Å². The van der Waals surface area contributed by atoms with Crippen LogP contribution in [0.5, 0.6) is 0 Å². The van der Waals surface area contributed by atoms with Gasteiger partial charge in [0.25, 0.3) is 0 Å². The van der Waals surface area contributed by atoms with Gasteiger partial charge >= 0.3 is 6.09 Å². The highest BCUT2D eigenvalue weighted by Crippen LogP contribution is 2.25. The van der Waals surface area contributed by atoms with Crippen molar-refractivity contribution in [2.75, 3.05) is 40.8 Å². The van der Waals surface area contributed by atoms with E-state index >= 15 is 0 Å². The quantitative estimate of drug-likeness (QED) is 0.454. The molecule has 1 unspecified atom stereocenters. The number of unbranched alkanes of at least 4 members (excludes halogenated alkanes) is 3. The fourth-order valence-corrected chi connectivity index (χ4v) is 3.26. The summed E-state index contributed by atoms with van der Waals surface area (Å²) in [5.74, 6) is 0.125. The Morgan fingerprint density at radius 2 is 1.70 bits per heavy atom. The third-order valence-corrected chi connectivity index (χ3v) is 5.48. The van der Waals surface area contributed by atoms with Crippen LogP contribution in [0.25, 0.3) is 0 Å². The lowest BCUT2D eigenvalue weighted by molar-refractivity contribution is -0.129. The Morgan fingerprint density at radius 1 is 1.00 bits per heavy atom. The highest BCUT2D eigenvalue weighted by atomic mass is 16.6. The van der Waals surface area contributed by atoms with E-state index in [1.165, 1.54) is 12.8 Å². The first kappa shape index (κ1) is 26.0. The van der Waals surface area contributed by atoms with Crippen LogP contribution >= 0.6 is 0 Å². The molecule has 0 aliphatic heterocycles. The van der Waals surface area contributed by atoms with Crippen molar-refractivity contribution in [3.05, 3.63) is 35.4 Å². The normalized spacial score (nSPS) is 11.9. The van der Waals surface area contributed by atoms with Crippen LogP contribution in [0.2, 0.25) is 0 Å². The van der Waals surface area contributed by atoms with Gasteiger partial charge in [-0.25, -0.2) is 4.79 Å². The summed E-state index contributed by atoms with van der Waals surface area (Å²) in [6.45, 7) is 7.09. The SMILES string of the molecule is CCCCCCC(OC(=O)NC)c1ccc(CC(=O)N(C)CCCN(C)CC)cc1. The highest BCUT2D eigenvalue weighted by molar-refractivity contribution is 5.78. The van der Waals surface area contributed by atoms with Crippen LogP contribution in [0.1, 0.15) is 69.6 Å². The number of rotatable bonds is 14. The van der Waals surface area contributed by atoms with Crippen molar-refractivity contribution in [1.29, 1.82) is 0 Å². The van der Waals surface area contributed by atoms with Gasteiger partial charge in [0.2, 0.25) is 5.91 Å². The number of hydrogen-bond acceptors (Lipinski definition) is 4. The molecule has 1 aromatic rings. The summed E-state index contributed by atoms with van der Waals surface area (Å²) in [7, 11) is 5.53. The molecule has 1 aromatic carbocycles. The van der Waals surface area contributed by atoms with Gasteiger partial charge in [0, 0.05) is 20.6 Å². The van der Waals surface area contributed by atoms with Crippen molar-refractivity contribution >= 4 is 12.0 Å². The van der Waals surface area contributed by atoms with Gasteiger partial charge in [0.15, 0.2) is 0 Å². The molecule has 0 aromatic heterocycles. The van der Waals surface area contributed by atoms with Gasteiger partial charge in [-0.2, -0.15) is 0 Å². The molecule has 1 atom stereocenters. The van der Waals surface area contributed by atoms with Gasteiger partial charge < -0.3 is 19.9 Å². The molecule has 6 nitrogen and oxygen atoms in total. The first-order valence-electron chi connectivity index (χ1n) is 11.3. The minimum atomic E-state index is -0.412. The summed E-state index contributed by atoms with van der Waals surface area (Å²) in [5.41, 5.74) is 1.95. The van der Waals surface area contributed by atoms with Crippen molar-refractivity contribution in [1.82, 2.24) is 15.1 Å². The number of carbonyl (C=O) groups excluding carboxylic acids is 2. The first-order valence-corrected chi connectivity index (χ1v) is 11.3. The molecular weight excluding hydrogens is 378 g/mol. The molecule has 0 radical (unpaired) electrons. The molecule has 1 N–H and O–H groups in total. The molecule has 1 rings (SSSR count). The Bertz CT molecular complexity index is 619. The largest absolute Gasteiger partial charge is 0.441 e. The maximum atomic E-state index is 12.5. The van der Waals surface area contributed by atoms with Crippen molar-refractivity contribution in [3.63, 3.8) is 0 Å². The van der Waals surface area contributed by atoms with E-state index in [-0.39, 0.29) is 12.0 Å². The number of hydrogen-bond donors (Lipinski definition) is 1. The highest BCUT2D eigenvalue weighted by Gasteiger charge is 2.17. The van der Waals surface area contributed by atoms with Crippen LogP contribution < -0.4 is 5.32 Å². The molecule has 0 bridgehead atoms. The Morgan fingerprint density at radius 3 is 2.30 bits per heavy atom. The number of ether oxygens (including phenoxy) is 1. The summed E-state index contributed by atoms with van der Waals surface area (Å²) in [6.07, 6.45) is 6.02. The third kappa shape index (κ3) is 10.1. The predicted molar refractivity (Wildman–Crippen MR) is 123 cm³/mol. The van der Waals surface area contributed by atoms with Crippen molar-refractivity contribution in [3.8, 4) is 0 Å². The molecule has 0 spiro atoms. The topological polar surface area (TPSA) is 61.9 Å². The lowest BCUT2D eigenvalue weighted by atomic mass is 10.00. The number of nitrogens with one attached hydrogen (secondary N) is 1. The zero-order valence-corrected chi connectivity index (χ0v) is 19.6. The van der Waals surface area contributed by atoms with E-state index in [1.54, 1.807) is 7.05 Å². The molecule has 0 aliphatic carbocycles. The smallest absolute Gasteiger partial charge is 0.407 e. The summed E-state index contributed by atoms with van der Waals surface area (Å²) in [5, 5.41) is 2.53. The van der Waals surface area contributed by atoms with Crippen LogP contribution in [0, 0.1) is 0 Å². The van der Waals surface area contributed by atoms with Crippen LogP contribution in [0.3, 0.4) is 0 Å².